The summed E-state index contributed by atoms with van der Waals surface area (Å²) in [7, 11) is 2.04. The predicted molar refractivity (Wildman–Crippen MR) is 85.9 cm³/mol. The van der Waals surface area contributed by atoms with Crippen molar-refractivity contribution >= 4 is 15.9 Å². The normalized spacial score (nSPS) is 19.2. The van der Waals surface area contributed by atoms with Crippen LogP contribution in [-0.4, -0.2) is 22.9 Å². The fraction of sp³-hybridized carbons (Fsp3) is 0.438. The van der Waals surface area contributed by atoms with Crippen LogP contribution >= 0.6 is 15.9 Å². The fourth-order valence-electron chi connectivity index (χ4n) is 2.98. The van der Waals surface area contributed by atoms with E-state index in [9.17, 15) is 0 Å². The molecular formula is C16H20BrN3. The zero-order chi connectivity index (χ0) is 14.1. The third kappa shape index (κ3) is 2.54. The molecule has 106 valence electrons. The number of benzene rings is 1. The van der Waals surface area contributed by atoms with E-state index in [-0.39, 0.29) is 0 Å². The predicted octanol–water partition coefficient (Wildman–Crippen LogP) is 3.63. The molecule has 4 heteroatoms. The Kier molecular flexibility index (Phi) is 3.94. The summed E-state index contributed by atoms with van der Waals surface area (Å²) in [5.74, 6) is 0.530. The van der Waals surface area contributed by atoms with Crippen molar-refractivity contribution in [1.29, 1.82) is 0 Å². The number of nitrogens with one attached hydrogen (secondary N) is 1. The van der Waals surface area contributed by atoms with E-state index in [1.807, 2.05) is 11.7 Å². The minimum absolute atomic E-state index is 0.530. The van der Waals surface area contributed by atoms with E-state index in [0.717, 1.165) is 17.6 Å². The van der Waals surface area contributed by atoms with Crippen molar-refractivity contribution in [1.82, 2.24) is 15.1 Å². The van der Waals surface area contributed by atoms with Crippen LogP contribution in [0.2, 0.25) is 0 Å². The minimum Gasteiger partial charge on any atom is -0.316 e. The van der Waals surface area contributed by atoms with Gasteiger partial charge in [-0.05, 0) is 44.0 Å². The highest BCUT2D eigenvalue weighted by molar-refractivity contribution is 9.10. The van der Waals surface area contributed by atoms with Gasteiger partial charge in [-0.3, -0.25) is 4.68 Å². The first kappa shape index (κ1) is 13.8. The van der Waals surface area contributed by atoms with Gasteiger partial charge >= 0.3 is 0 Å². The lowest BCUT2D eigenvalue weighted by molar-refractivity contribution is 0.452. The summed E-state index contributed by atoms with van der Waals surface area (Å²) in [6.07, 6.45) is 2.47. The first-order chi connectivity index (χ1) is 9.66. The van der Waals surface area contributed by atoms with Crippen molar-refractivity contribution in [3.63, 3.8) is 0 Å². The Bertz CT molecular complexity index is 595. The fourth-order valence-corrected chi connectivity index (χ4v) is 3.24. The Hall–Kier alpha value is -1.13. The summed E-state index contributed by atoms with van der Waals surface area (Å²) >= 11 is 3.51. The lowest BCUT2D eigenvalue weighted by Crippen LogP contribution is -2.28. The van der Waals surface area contributed by atoms with Gasteiger partial charge in [0.15, 0.2) is 0 Å². The Morgan fingerprint density at radius 3 is 2.70 bits per heavy atom. The van der Waals surface area contributed by atoms with Gasteiger partial charge in [0.2, 0.25) is 0 Å². The number of piperidine rings is 1. The zero-order valence-electron chi connectivity index (χ0n) is 12.0. The van der Waals surface area contributed by atoms with Crippen molar-refractivity contribution < 1.29 is 0 Å². The molecule has 20 heavy (non-hydrogen) atoms. The van der Waals surface area contributed by atoms with Crippen LogP contribution in [0.5, 0.6) is 0 Å². The molecule has 1 fully saturated rings. The van der Waals surface area contributed by atoms with E-state index < -0.39 is 0 Å². The molecule has 0 amide bonds. The van der Waals surface area contributed by atoms with Crippen LogP contribution in [0.1, 0.15) is 30.1 Å². The Labute approximate surface area is 128 Å². The molecule has 1 aromatic carbocycles. The molecule has 0 spiro atoms. The van der Waals surface area contributed by atoms with Gasteiger partial charge in [0.1, 0.15) is 0 Å². The third-order valence-corrected chi connectivity index (χ3v) is 4.71. The van der Waals surface area contributed by atoms with Gasteiger partial charge in [-0.2, -0.15) is 5.10 Å². The molecule has 2 aromatic rings. The SMILES string of the molecule is Cc1c(-c2ccc(Br)cc2)c(C2CCCNC2)nn1C. The first-order valence-corrected chi connectivity index (χ1v) is 7.96. The van der Waals surface area contributed by atoms with Crippen molar-refractivity contribution in [3.8, 4) is 11.1 Å². The van der Waals surface area contributed by atoms with Crippen LogP contribution in [0.15, 0.2) is 28.7 Å². The topological polar surface area (TPSA) is 29.9 Å². The number of aromatic nitrogens is 2. The largest absolute Gasteiger partial charge is 0.316 e. The molecular weight excluding hydrogens is 314 g/mol. The van der Waals surface area contributed by atoms with E-state index in [1.54, 1.807) is 0 Å². The Morgan fingerprint density at radius 2 is 2.05 bits per heavy atom. The summed E-state index contributed by atoms with van der Waals surface area (Å²) in [6.45, 7) is 4.33. The molecule has 1 aliphatic rings. The first-order valence-electron chi connectivity index (χ1n) is 7.17. The smallest absolute Gasteiger partial charge is 0.0749 e. The average Bonchev–Trinajstić information content (AvgIpc) is 2.77. The van der Waals surface area contributed by atoms with E-state index in [4.69, 9.17) is 5.10 Å². The molecule has 0 aliphatic carbocycles. The quantitative estimate of drug-likeness (QED) is 0.909. The second kappa shape index (κ2) is 5.70. The number of halogens is 1. The molecule has 2 heterocycles. The summed E-state index contributed by atoms with van der Waals surface area (Å²) < 4.78 is 3.13. The van der Waals surface area contributed by atoms with Crippen LogP contribution in [0.25, 0.3) is 11.1 Å². The molecule has 0 bridgehead atoms. The van der Waals surface area contributed by atoms with E-state index in [0.29, 0.717) is 5.92 Å². The van der Waals surface area contributed by atoms with Gasteiger partial charge in [0, 0.05) is 35.2 Å². The van der Waals surface area contributed by atoms with Crippen LogP contribution in [0.3, 0.4) is 0 Å². The van der Waals surface area contributed by atoms with Gasteiger partial charge in [-0.15, -0.1) is 0 Å². The summed E-state index contributed by atoms with van der Waals surface area (Å²) in [4.78, 5) is 0. The molecule has 1 aliphatic heterocycles. The highest BCUT2D eigenvalue weighted by Gasteiger charge is 2.24. The number of rotatable bonds is 2. The second-order valence-electron chi connectivity index (χ2n) is 5.52. The highest BCUT2D eigenvalue weighted by atomic mass is 79.9. The van der Waals surface area contributed by atoms with Crippen molar-refractivity contribution in [3.05, 3.63) is 40.1 Å². The zero-order valence-corrected chi connectivity index (χ0v) is 13.6. The van der Waals surface area contributed by atoms with Crippen LogP contribution in [-0.2, 0) is 7.05 Å². The van der Waals surface area contributed by atoms with Gasteiger partial charge in [0.05, 0.1) is 5.69 Å². The highest BCUT2D eigenvalue weighted by Crippen LogP contribution is 2.34. The van der Waals surface area contributed by atoms with Gasteiger partial charge in [0.25, 0.3) is 0 Å². The Balaban J connectivity index is 2.06. The molecule has 3 rings (SSSR count). The standard InChI is InChI=1S/C16H20BrN3/c1-11-15(12-5-7-14(17)8-6-12)16(19-20(11)2)13-4-3-9-18-10-13/h5-8,13,18H,3-4,9-10H2,1-2H3. The molecule has 1 atom stereocenters. The van der Waals surface area contributed by atoms with E-state index in [2.05, 4.69) is 52.4 Å². The third-order valence-electron chi connectivity index (χ3n) is 4.18. The van der Waals surface area contributed by atoms with Gasteiger partial charge in [-0.1, -0.05) is 28.1 Å². The molecule has 1 N–H and O–H groups in total. The van der Waals surface area contributed by atoms with Crippen LogP contribution in [0.4, 0.5) is 0 Å². The monoisotopic (exact) mass is 333 g/mol. The molecule has 1 saturated heterocycles. The molecule has 0 radical (unpaired) electrons. The van der Waals surface area contributed by atoms with E-state index in [1.165, 1.54) is 35.4 Å². The van der Waals surface area contributed by atoms with Gasteiger partial charge < -0.3 is 5.32 Å². The summed E-state index contributed by atoms with van der Waals surface area (Å²) in [5, 5.41) is 8.29. The maximum absolute atomic E-state index is 4.80. The lowest BCUT2D eigenvalue weighted by Gasteiger charge is -2.22. The van der Waals surface area contributed by atoms with Crippen LogP contribution in [0, 0.1) is 6.92 Å². The second-order valence-corrected chi connectivity index (χ2v) is 6.44. The summed E-state index contributed by atoms with van der Waals surface area (Å²) in [5.41, 5.74) is 5.07. The van der Waals surface area contributed by atoms with Crippen molar-refractivity contribution in [2.75, 3.05) is 13.1 Å². The molecule has 1 unspecified atom stereocenters. The summed E-state index contributed by atoms with van der Waals surface area (Å²) in [6, 6.07) is 8.55. The van der Waals surface area contributed by atoms with Crippen molar-refractivity contribution in [2.45, 2.75) is 25.7 Å². The minimum atomic E-state index is 0.530. The average molecular weight is 334 g/mol. The maximum Gasteiger partial charge on any atom is 0.0749 e. The lowest BCUT2D eigenvalue weighted by atomic mass is 9.90. The maximum atomic E-state index is 4.80. The van der Waals surface area contributed by atoms with Crippen LogP contribution < -0.4 is 5.32 Å². The number of aryl methyl sites for hydroxylation is 1. The number of nitrogens with zero attached hydrogens (tertiary/aromatic N) is 2. The van der Waals surface area contributed by atoms with E-state index >= 15 is 0 Å². The van der Waals surface area contributed by atoms with Gasteiger partial charge in [-0.25, -0.2) is 0 Å². The molecule has 1 aromatic heterocycles. The molecule has 0 saturated carbocycles. The Morgan fingerprint density at radius 1 is 1.30 bits per heavy atom. The number of hydrogen-bond acceptors (Lipinski definition) is 2. The van der Waals surface area contributed by atoms with Crippen molar-refractivity contribution in [2.24, 2.45) is 7.05 Å². The number of hydrogen-bond donors (Lipinski definition) is 1. The molecule has 3 nitrogen and oxygen atoms in total.